The maximum Gasteiger partial charge on any atom is 0.136 e. The zero-order chi connectivity index (χ0) is 37.9. The van der Waals surface area contributed by atoms with Crippen LogP contribution in [0.1, 0.15) is 11.1 Å². The number of hydrogen-bond donors (Lipinski definition) is 0. The van der Waals surface area contributed by atoms with E-state index in [2.05, 4.69) is 175 Å². The van der Waals surface area contributed by atoms with Gasteiger partial charge >= 0.3 is 0 Å². The maximum atomic E-state index is 6.68. The summed E-state index contributed by atoms with van der Waals surface area (Å²) in [7, 11) is 0. The predicted octanol–water partition coefficient (Wildman–Crippen LogP) is 16.0. The normalized spacial score (nSPS) is 12.4. The molecule has 0 fully saturated rings. The van der Waals surface area contributed by atoms with Crippen LogP contribution in [0, 0.1) is 0 Å². The van der Waals surface area contributed by atoms with E-state index in [1.54, 1.807) is 0 Å². The lowest BCUT2D eigenvalue weighted by Crippen LogP contribution is -2.02. The zero-order valence-corrected chi connectivity index (χ0v) is 32.8. The van der Waals surface area contributed by atoms with E-state index in [4.69, 9.17) is 9.40 Å². The second-order valence-corrected chi connectivity index (χ2v) is 17.3. The molecule has 58 heavy (non-hydrogen) atoms. The number of hydrogen-bond acceptors (Lipinski definition) is 4. The number of pyridine rings is 1. The molecule has 4 aromatic heterocycles. The highest BCUT2D eigenvalue weighted by Gasteiger charge is 2.35. The van der Waals surface area contributed by atoms with Gasteiger partial charge in [0.15, 0.2) is 0 Å². The number of fused-ring (bicyclic) bond motifs is 11. The second-order valence-electron chi connectivity index (χ2n) is 15.3. The third-order valence-electron chi connectivity index (χ3n) is 12.2. The highest BCUT2D eigenvalue weighted by Crippen LogP contribution is 2.59. The maximum absolute atomic E-state index is 6.68. The molecule has 0 saturated carbocycles. The van der Waals surface area contributed by atoms with Gasteiger partial charge in [-0.3, -0.25) is 0 Å². The first-order valence-corrected chi connectivity index (χ1v) is 21.4. The second kappa shape index (κ2) is 12.3. The van der Waals surface area contributed by atoms with Crippen molar-refractivity contribution in [2.75, 3.05) is 0 Å². The quantitative estimate of drug-likeness (QED) is 0.178. The molecule has 0 unspecified atom stereocenters. The Morgan fingerprint density at radius 1 is 0.431 bits per heavy atom. The average Bonchev–Trinajstić information content (AvgIpc) is 4.07. The number of furan rings is 1. The molecule has 1 aliphatic rings. The van der Waals surface area contributed by atoms with Crippen molar-refractivity contribution in [1.29, 1.82) is 0 Å². The Balaban J connectivity index is 1.33. The number of para-hydroxylation sites is 2. The molecule has 2 nitrogen and oxygen atoms in total. The van der Waals surface area contributed by atoms with Crippen LogP contribution in [0.25, 0.3) is 119 Å². The molecular formula is C54H31NOS2. The minimum absolute atomic E-state index is 0.816. The molecule has 0 radical (unpaired) electrons. The van der Waals surface area contributed by atoms with Gasteiger partial charge in [-0.05, 0) is 98.8 Å². The molecule has 1 aliphatic carbocycles. The third-order valence-corrected chi connectivity index (χ3v) is 14.3. The summed E-state index contributed by atoms with van der Waals surface area (Å²) in [5, 5.41) is 9.61. The van der Waals surface area contributed by atoms with Crippen LogP contribution in [-0.4, -0.2) is 4.98 Å². The Morgan fingerprint density at radius 2 is 1.09 bits per heavy atom. The lowest BCUT2D eigenvalue weighted by atomic mass is 9.76. The molecule has 0 aliphatic heterocycles. The number of thiophene rings is 2. The molecular weight excluding hydrogens is 743 g/mol. The highest BCUT2D eigenvalue weighted by atomic mass is 32.1. The molecule has 0 amide bonds. The summed E-state index contributed by atoms with van der Waals surface area (Å²) in [6.45, 7) is 0. The van der Waals surface area contributed by atoms with Gasteiger partial charge in [0, 0.05) is 63.1 Å². The van der Waals surface area contributed by atoms with Crippen molar-refractivity contribution in [3.63, 3.8) is 0 Å². The molecule has 12 aromatic rings. The molecule has 0 atom stereocenters. The molecule has 4 heteroatoms. The minimum atomic E-state index is 0.816. The first-order valence-electron chi connectivity index (χ1n) is 19.7. The summed E-state index contributed by atoms with van der Waals surface area (Å²) in [4.78, 5) is 5.57. The van der Waals surface area contributed by atoms with Crippen LogP contribution in [0.4, 0.5) is 0 Å². The molecule has 0 spiro atoms. The summed E-state index contributed by atoms with van der Waals surface area (Å²) in [5.41, 5.74) is 17.6. The van der Waals surface area contributed by atoms with E-state index < -0.39 is 0 Å². The van der Waals surface area contributed by atoms with Crippen LogP contribution in [0.5, 0.6) is 0 Å². The van der Waals surface area contributed by atoms with Crippen molar-refractivity contribution in [1.82, 2.24) is 4.98 Å². The van der Waals surface area contributed by atoms with Crippen LogP contribution >= 0.6 is 22.7 Å². The van der Waals surface area contributed by atoms with E-state index >= 15 is 0 Å². The average molecular weight is 774 g/mol. The van der Waals surface area contributed by atoms with Crippen molar-refractivity contribution >= 4 is 85.8 Å². The molecule has 0 bridgehead atoms. The largest absolute Gasteiger partial charge is 0.456 e. The SMILES string of the molecule is c1ccc2c(c1)Cc1c(-c3ccc4ccccc4n3)c(-c3cccc4sc5ccccc5c34)c(-c3cccc4oc5ccccc5c34)c(-c3csc4ccccc34)c1-2. The standard InChI is InChI=1S/C54H31NOS2/c1-3-15-33-32(14-1)29-39-50(33)54(40-30-57-45-24-9-5-16-34(40)45)53(37-19-11-23-44-48(37)35-17-4-8-22-43(35)56-44)52(51(39)42-28-27-31-13-2-7-21-41(31)55-42)38-20-12-26-47-49(38)36-18-6-10-25-46(36)58-47/h1-28,30H,29H2. The summed E-state index contributed by atoms with van der Waals surface area (Å²) in [6.07, 6.45) is 0.816. The monoisotopic (exact) mass is 773 g/mol. The Morgan fingerprint density at radius 3 is 2.02 bits per heavy atom. The van der Waals surface area contributed by atoms with Crippen molar-refractivity contribution < 1.29 is 4.42 Å². The molecule has 13 rings (SSSR count). The van der Waals surface area contributed by atoms with E-state index in [0.29, 0.717) is 0 Å². The van der Waals surface area contributed by atoms with Crippen molar-refractivity contribution in [2.45, 2.75) is 6.42 Å². The fraction of sp³-hybridized carbons (Fsp3) is 0.0185. The smallest absolute Gasteiger partial charge is 0.136 e. The molecule has 270 valence electrons. The molecule has 4 heterocycles. The minimum Gasteiger partial charge on any atom is -0.456 e. The highest BCUT2D eigenvalue weighted by molar-refractivity contribution is 7.26. The third kappa shape index (κ3) is 4.56. The van der Waals surface area contributed by atoms with Crippen molar-refractivity contribution in [2.24, 2.45) is 0 Å². The number of aromatic nitrogens is 1. The van der Waals surface area contributed by atoms with E-state index in [1.807, 2.05) is 22.7 Å². The van der Waals surface area contributed by atoms with Gasteiger partial charge in [0.05, 0.1) is 11.2 Å². The molecule has 0 N–H and O–H groups in total. The summed E-state index contributed by atoms with van der Waals surface area (Å²) in [6, 6.07) is 61.9. The van der Waals surface area contributed by atoms with Crippen LogP contribution < -0.4 is 0 Å². The number of rotatable bonds is 4. The van der Waals surface area contributed by atoms with Crippen LogP contribution in [0.3, 0.4) is 0 Å². The summed E-state index contributed by atoms with van der Waals surface area (Å²) >= 11 is 3.70. The topological polar surface area (TPSA) is 26.0 Å². The van der Waals surface area contributed by atoms with E-state index in [-0.39, 0.29) is 0 Å². The lowest BCUT2D eigenvalue weighted by molar-refractivity contribution is 0.669. The number of benzene rings is 8. The number of nitrogens with zero attached hydrogens (tertiary/aromatic N) is 1. The summed E-state index contributed by atoms with van der Waals surface area (Å²) < 4.78 is 10.5. The van der Waals surface area contributed by atoms with Crippen molar-refractivity contribution in [3.05, 3.63) is 186 Å². The van der Waals surface area contributed by atoms with E-state index in [0.717, 1.165) is 50.5 Å². The van der Waals surface area contributed by atoms with Gasteiger partial charge in [-0.1, -0.05) is 127 Å². The first kappa shape index (κ1) is 32.3. The van der Waals surface area contributed by atoms with Gasteiger partial charge in [-0.2, -0.15) is 0 Å². The van der Waals surface area contributed by atoms with Crippen molar-refractivity contribution in [3.8, 4) is 55.8 Å². The van der Waals surface area contributed by atoms with Crippen LogP contribution in [-0.2, 0) is 6.42 Å². The van der Waals surface area contributed by atoms with Gasteiger partial charge in [0.2, 0.25) is 0 Å². The molecule has 0 saturated heterocycles. The van der Waals surface area contributed by atoms with Gasteiger partial charge in [-0.25, -0.2) is 4.98 Å². The summed E-state index contributed by atoms with van der Waals surface area (Å²) in [5.74, 6) is 0. The Labute approximate surface area is 341 Å². The fourth-order valence-electron chi connectivity index (χ4n) is 9.82. The van der Waals surface area contributed by atoms with Gasteiger partial charge in [0.25, 0.3) is 0 Å². The van der Waals surface area contributed by atoms with E-state index in [1.165, 1.54) is 85.9 Å². The Bertz CT molecular complexity index is 3680. The zero-order valence-electron chi connectivity index (χ0n) is 31.1. The first-order chi connectivity index (χ1) is 28.8. The lowest BCUT2D eigenvalue weighted by Gasteiger charge is -2.26. The van der Waals surface area contributed by atoms with Gasteiger partial charge in [-0.15, -0.1) is 22.7 Å². The Hall–Kier alpha value is -6.85. The van der Waals surface area contributed by atoms with Crippen LogP contribution in [0.15, 0.2) is 180 Å². The van der Waals surface area contributed by atoms with Gasteiger partial charge < -0.3 is 4.42 Å². The Kier molecular flexibility index (Phi) is 6.85. The van der Waals surface area contributed by atoms with Gasteiger partial charge in [0.1, 0.15) is 11.2 Å². The predicted molar refractivity (Wildman–Crippen MR) is 247 cm³/mol. The molecule has 8 aromatic carbocycles. The fourth-order valence-corrected chi connectivity index (χ4v) is 11.9. The van der Waals surface area contributed by atoms with Crippen LogP contribution in [0.2, 0.25) is 0 Å². The van der Waals surface area contributed by atoms with E-state index in [9.17, 15) is 0 Å².